The number of nitrogens with two attached hydrogens (primary N) is 1. The van der Waals surface area contributed by atoms with Gasteiger partial charge in [-0.3, -0.25) is 4.79 Å². The number of amides is 1. The van der Waals surface area contributed by atoms with Gasteiger partial charge in [0.05, 0.1) is 12.2 Å². The van der Waals surface area contributed by atoms with Gasteiger partial charge in [0.25, 0.3) is 5.91 Å². The Balaban J connectivity index is 2.75. The van der Waals surface area contributed by atoms with Crippen LogP contribution in [-0.2, 0) is 6.54 Å². The van der Waals surface area contributed by atoms with Gasteiger partial charge in [0, 0.05) is 12.7 Å². The predicted molar refractivity (Wildman–Crippen MR) is 64.9 cm³/mol. The second-order valence-electron chi connectivity index (χ2n) is 3.46. The zero-order valence-corrected chi connectivity index (χ0v) is 9.71. The Morgan fingerprint density at radius 2 is 2.38 bits per heavy atom. The van der Waals surface area contributed by atoms with Gasteiger partial charge < -0.3 is 15.6 Å². The molecule has 4 heteroatoms. The van der Waals surface area contributed by atoms with Crippen molar-refractivity contribution in [2.45, 2.75) is 26.8 Å². The fourth-order valence-electron chi connectivity index (χ4n) is 1.45. The lowest BCUT2D eigenvalue weighted by Crippen LogP contribution is -2.26. The number of nitrogens with zero attached hydrogens (tertiary/aromatic N) is 1. The zero-order chi connectivity index (χ0) is 12.0. The van der Waals surface area contributed by atoms with E-state index in [1.165, 1.54) is 0 Å². The minimum Gasteiger partial charge on any atom is -0.397 e. The number of anilines is 1. The van der Waals surface area contributed by atoms with Crippen LogP contribution < -0.4 is 11.1 Å². The average molecular weight is 219 g/mol. The maximum atomic E-state index is 11.8. The number of hydrogen-bond acceptors (Lipinski definition) is 2. The molecule has 1 aromatic heterocycles. The summed E-state index contributed by atoms with van der Waals surface area (Å²) in [5.74, 6) is 5.38. The number of hydrogen-bond donors (Lipinski definition) is 2. The van der Waals surface area contributed by atoms with Crippen molar-refractivity contribution in [3.8, 4) is 11.8 Å². The molecule has 16 heavy (non-hydrogen) atoms. The normalized spacial score (nSPS) is 9.38. The molecule has 1 amide bonds. The van der Waals surface area contributed by atoms with Gasteiger partial charge in [-0.15, -0.1) is 5.92 Å². The SMILES string of the molecule is CC#CCNC(=O)c1cc(N)cn1CCC. The van der Waals surface area contributed by atoms with E-state index in [0.717, 1.165) is 13.0 Å². The van der Waals surface area contributed by atoms with Crippen LogP contribution in [0.3, 0.4) is 0 Å². The quantitative estimate of drug-likeness (QED) is 0.748. The second-order valence-corrected chi connectivity index (χ2v) is 3.46. The van der Waals surface area contributed by atoms with E-state index in [0.29, 0.717) is 17.9 Å². The van der Waals surface area contributed by atoms with Crippen LogP contribution in [-0.4, -0.2) is 17.0 Å². The highest BCUT2D eigenvalue weighted by molar-refractivity contribution is 5.93. The van der Waals surface area contributed by atoms with Crippen LogP contribution in [0, 0.1) is 11.8 Å². The maximum Gasteiger partial charge on any atom is 0.268 e. The van der Waals surface area contributed by atoms with Crippen molar-refractivity contribution >= 4 is 11.6 Å². The third kappa shape index (κ3) is 3.06. The number of aryl methyl sites for hydroxylation is 1. The molecule has 0 bridgehead atoms. The standard InChI is InChI=1S/C12H17N3O/c1-3-5-6-14-12(16)11-8-10(13)9-15(11)7-4-2/h8-9H,4,6-7,13H2,1-2H3,(H,14,16). The Morgan fingerprint density at radius 3 is 3.00 bits per heavy atom. The molecule has 0 spiro atoms. The Kier molecular flexibility index (Phi) is 4.46. The lowest BCUT2D eigenvalue weighted by atomic mass is 10.3. The molecule has 86 valence electrons. The highest BCUT2D eigenvalue weighted by Gasteiger charge is 2.11. The summed E-state index contributed by atoms with van der Waals surface area (Å²) in [6.07, 6.45) is 2.74. The Morgan fingerprint density at radius 1 is 1.62 bits per heavy atom. The number of nitrogen functional groups attached to an aromatic ring is 1. The van der Waals surface area contributed by atoms with Crippen molar-refractivity contribution in [3.63, 3.8) is 0 Å². The molecule has 0 aromatic carbocycles. The third-order valence-corrected chi connectivity index (χ3v) is 2.13. The van der Waals surface area contributed by atoms with Gasteiger partial charge in [0.15, 0.2) is 0 Å². The van der Waals surface area contributed by atoms with E-state index in [-0.39, 0.29) is 5.91 Å². The third-order valence-electron chi connectivity index (χ3n) is 2.13. The van der Waals surface area contributed by atoms with Gasteiger partial charge in [-0.25, -0.2) is 0 Å². The summed E-state index contributed by atoms with van der Waals surface area (Å²) in [6, 6.07) is 1.68. The molecule has 0 radical (unpaired) electrons. The van der Waals surface area contributed by atoms with Crippen molar-refractivity contribution in [1.82, 2.24) is 9.88 Å². The lowest BCUT2D eigenvalue weighted by Gasteiger charge is -2.06. The maximum absolute atomic E-state index is 11.8. The van der Waals surface area contributed by atoms with Crippen LogP contribution in [0.15, 0.2) is 12.3 Å². The van der Waals surface area contributed by atoms with Crippen molar-refractivity contribution in [2.24, 2.45) is 0 Å². The van der Waals surface area contributed by atoms with E-state index in [1.54, 1.807) is 19.2 Å². The Labute approximate surface area is 95.8 Å². The van der Waals surface area contributed by atoms with Crippen LogP contribution in [0.25, 0.3) is 0 Å². The van der Waals surface area contributed by atoms with Crippen molar-refractivity contribution in [2.75, 3.05) is 12.3 Å². The predicted octanol–water partition coefficient (Wildman–Crippen LogP) is 1.23. The summed E-state index contributed by atoms with van der Waals surface area (Å²) in [6.45, 7) is 4.95. The first-order chi connectivity index (χ1) is 7.69. The fourth-order valence-corrected chi connectivity index (χ4v) is 1.45. The van der Waals surface area contributed by atoms with E-state index in [4.69, 9.17) is 5.73 Å². The second kappa shape index (κ2) is 5.86. The number of carbonyl (C=O) groups excluding carboxylic acids is 1. The average Bonchev–Trinajstić information content (AvgIpc) is 2.60. The van der Waals surface area contributed by atoms with Crippen molar-refractivity contribution in [3.05, 3.63) is 18.0 Å². The molecule has 0 aliphatic carbocycles. The van der Waals surface area contributed by atoms with E-state index in [1.807, 2.05) is 4.57 Å². The molecule has 0 atom stereocenters. The summed E-state index contributed by atoms with van der Waals surface area (Å²) in [5.41, 5.74) is 6.88. The molecule has 1 aromatic rings. The van der Waals surface area contributed by atoms with E-state index in [9.17, 15) is 4.79 Å². The molecule has 0 saturated carbocycles. The molecular formula is C12H17N3O. The van der Waals surface area contributed by atoms with Crippen LogP contribution in [0.2, 0.25) is 0 Å². The summed E-state index contributed by atoms with van der Waals surface area (Å²) in [7, 11) is 0. The van der Waals surface area contributed by atoms with E-state index >= 15 is 0 Å². The van der Waals surface area contributed by atoms with E-state index in [2.05, 4.69) is 24.1 Å². The summed E-state index contributed by atoms with van der Waals surface area (Å²) in [5, 5.41) is 2.72. The summed E-state index contributed by atoms with van der Waals surface area (Å²) >= 11 is 0. The van der Waals surface area contributed by atoms with Gasteiger partial charge in [0.2, 0.25) is 0 Å². The van der Waals surface area contributed by atoms with E-state index < -0.39 is 0 Å². The first-order valence-electron chi connectivity index (χ1n) is 5.32. The van der Waals surface area contributed by atoms with Crippen LogP contribution in [0.5, 0.6) is 0 Å². The number of aromatic nitrogens is 1. The smallest absolute Gasteiger partial charge is 0.268 e. The topological polar surface area (TPSA) is 60.1 Å². The first kappa shape index (κ1) is 12.2. The van der Waals surface area contributed by atoms with Gasteiger partial charge >= 0.3 is 0 Å². The minimum absolute atomic E-state index is 0.132. The summed E-state index contributed by atoms with van der Waals surface area (Å²) < 4.78 is 1.87. The van der Waals surface area contributed by atoms with Crippen molar-refractivity contribution < 1.29 is 4.79 Å². The van der Waals surface area contributed by atoms with Crippen LogP contribution in [0.1, 0.15) is 30.8 Å². The number of carbonyl (C=O) groups is 1. The highest BCUT2D eigenvalue weighted by Crippen LogP contribution is 2.11. The molecule has 1 heterocycles. The molecule has 1 rings (SSSR count). The first-order valence-corrected chi connectivity index (χ1v) is 5.32. The van der Waals surface area contributed by atoms with Gasteiger partial charge in [-0.1, -0.05) is 12.8 Å². The van der Waals surface area contributed by atoms with Gasteiger partial charge in [-0.05, 0) is 19.4 Å². The van der Waals surface area contributed by atoms with Crippen molar-refractivity contribution in [1.29, 1.82) is 0 Å². The fraction of sp³-hybridized carbons (Fsp3) is 0.417. The zero-order valence-electron chi connectivity index (χ0n) is 9.71. The molecule has 0 unspecified atom stereocenters. The Hall–Kier alpha value is -1.89. The molecule has 0 fully saturated rings. The molecule has 3 N–H and O–H groups in total. The van der Waals surface area contributed by atoms with Gasteiger partial charge in [0.1, 0.15) is 5.69 Å². The van der Waals surface area contributed by atoms with Gasteiger partial charge in [-0.2, -0.15) is 0 Å². The molecule has 0 aliphatic rings. The summed E-state index contributed by atoms with van der Waals surface area (Å²) in [4.78, 5) is 11.8. The number of nitrogens with one attached hydrogen (secondary N) is 1. The monoisotopic (exact) mass is 219 g/mol. The Bertz CT molecular complexity index is 423. The molecule has 4 nitrogen and oxygen atoms in total. The van der Waals surface area contributed by atoms with Crippen LogP contribution in [0.4, 0.5) is 5.69 Å². The lowest BCUT2D eigenvalue weighted by molar-refractivity contribution is 0.0949. The van der Waals surface area contributed by atoms with Crippen LogP contribution >= 0.6 is 0 Å². The molecule has 0 saturated heterocycles. The molecular weight excluding hydrogens is 202 g/mol. The minimum atomic E-state index is -0.132. The molecule has 0 aliphatic heterocycles. The highest BCUT2D eigenvalue weighted by atomic mass is 16.1. The largest absolute Gasteiger partial charge is 0.397 e. The number of rotatable bonds is 4.